The third kappa shape index (κ3) is 5.30. The highest BCUT2D eigenvalue weighted by atomic mass is 16.3. The van der Waals surface area contributed by atoms with Crippen LogP contribution in [0.25, 0.3) is 0 Å². The molecule has 0 fully saturated rings. The van der Waals surface area contributed by atoms with Gasteiger partial charge in [0.2, 0.25) is 5.91 Å². The van der Waals surface area contributed by atoms with Crippen molar-refractivity contribution in [3.8, 4) is 0 Å². The van der Waals surface area contributed by atoms with Crippen LogP contribution < -0.4 is 5.32 Å². The van der Waals surface area contributed by atoms with Crippen molar-refractivity contribution in [3.05, 3.63) is 66.0 Å². The molecule has 0 aliphatic heterocycles. The summed E-state index contributed by atoms with van der Waals surface area (Å²) in [5, 5.41) is 12.6. The van der Waals surface area contributed by atoms with Crippen molar-refractivity contribution in [2.24, 2.45) is 0 Å². The molecule has 1 amide bonds. The molecule has 0 aliphatic carbocycles. The van der Waals surface area contributed by atoms with E-state index >= 15 is 0 Å². The average molecular weight is 298 g/mol. The third-order valence-corrected chi connectivity index (χ3v) is 3.53. The van der Waals surface area contributed by atoms with Gasteiger partial charge in [0.1, 0.15) is 0 Å². The Bertz CT molecular complexity index is 570. The second-order valence-corrected chi connectivity index (χ2v) is 5.53. The zero-order chi connectivity index (χ0) is 15.8. The topological polar surface area (TPSA) is 62.2 Å². The predicted octanol–water partition coefficient (Wildman–Crippen LogP) is 2.29. The fourth-order valence-corrected chi connectivity index (χ4v) is 2.46. The number of aliphatic hydroxyl groups is 1. The Hall–Kier alpha value is -2.20. The lowest BCUT2D eigenvalue weighted by Gasteiger charge is -2.19. The highest BCUT2D eigenvalue weighted by Crippen LogP contribution is 2.20. The van der Waals surface area contributed by atoms with E-state index < -0.39 is 6.10 Å². The number of benzene rings is 1. The molecule has 2 rings (SSSR count). The van der Waals surface area contributed by atoms with Crippen LogP contribution in [0.2, 0.25) is 0 Å². The van der Waals surface area contributed by atoms with Gasteiger partial charge in [-0.1, -0.05) is 36.4 Å². The SMILES string of the molecule is C[C@@H](O)C[C@@H](CNC(=O)Cc1cccnc1)c1ccccc1. The second kappa shape index (κ2) is 8.29. The summed E-state index contributed by atoms with van der Waals surface area (Å²) in [4.78, 5) is 16.0. The van der Waals surface area contributed by atoms with E-state index in [9.17, 15) is 9.90 Å². The molecule has 0 saturated heterocycles. The van der Waals surface area contributed by atoms with E-state index in [0.29, 0.717) is 19.4 Å². The number of aromatic nitrogens is 1. The van der Waals surface area contributed by atoms with Crippen LogP contribution in [-0.2, 0) is 11.2 Å². The normalized spacial score (nSPS) is 13.4. The molecule has 4 heteroatoms. The van der Waals surface area contributed by atoms with Crippen LogP contribution in [0.3, 0.4) is 0 Å². The molecule has 0 spiro atoms. The lowest BCUT2D eigenvalue weighted by Crippen LogP contribution is -2.30. The fourth-order valence-electron chi connectivity index (χ4n) is 2.46. The highest BCUT2D eigenvalue weighted by Gasteiger charge is 2.15. The summed E-state index contributed by atoms with van der Waals surface area (Å²) in [6.07, 6.45) is 3.93. The van der Waals surface area contributed by atoms with E-state index in [1.165, 1.54) is 0 Å². The number of rotatable bonds is 7. The minimum Gasteiger partial charge on any atom is -0.393 e. The minimum absolute atomic E-state index is 0.0282. The van der Waals surface area contributed by atoms with E-state index in [1.54, 1.807) is 19.3 Å². The second-order valence-electron chi connectivity index (χ2n) is 5.53. The molecule has 0 unspecified atom stereocenters. The smallest absolute Gasteiger partial charge is 0.224 e. The first-order valence-corrected chi connectivity index (χ1v) is 7.53. The summed E-state index contributed by atoms with van der Waals surface area (Å²) in [5.41, 5.74) is 2.02. The van der Waals surface area contributed by atoms with Gasteiger partial charge in [0.25, 0.3) is 0 Å². The zero-order valence-electron chi connectivity index (χ0n) is 12.8. The molecule has 0 bridgehead atoms. The van der Waals surface area contributed by atoms with Crippen LogP contribution in [0.5, 0.6) is 0 Å². The molecule has 2 atom stereocenters. The minimum atomic E-state index is -0.402. The van der Waals surface area contributed by atoms with Crippen LogP contribution in [-0.4, -0.2) is 28.6 Å². The van der Waals surface area contributed by atoms with E-state index in [0.717, 1.165) is 11.1 Å². The van der Waals surface area contributed by atoms with E-state index in [2.05, 4.69) is 10.3 Å². The Morgan fingerprint density at radius 1 is 1.23 bits per heavy atom. The number of hydrogen-bond donors (Lipinski definition) is 2. The van der Waals surface area contributed by atoms with Gasteiger partial charge in [-0.25, -0.2) is 0 Å². The molecule has 0 saturated carbocycles. The van der Waals surface area contributed by atoms with Crippen LogP contribution >= 0.6 is 0 Å². The Morgan fingerprint density at radius 2 is 2.00 bits per heavy atom. The van der Waals surface area contributed by atoms with Crippen molar-refractivity contribution in [3.63, 3.8) is 0 Å². The Morgan fingerprint density at radius 3 is 2.64 bits per heavy atom. The largest absolute Gasteiger partial charge is 0.393 e. The van der Waals surface area contributed by atoms with Gasteiger partial charge < -0.3 is 10.4 Å². The molecular formula is C18H22N2O2. The van der Waals surface area contributed by atoms with Gasteiger partial charge >= 0.3 is 0 Å². The average Bonchev–Trinajstić information content (AvgIpc) is 2.53. The van der Waals surface area contributed by atoms with Gasteiger partial charge in [-0.05, 0) is 30.5 Å². The molecule has 1 aromatic carbocycles. The first kappa shape index (κ1) is 16.2. The summed E-state index contributed by atoms with van der Waals surface area (Å²) in [5.74, 6) is 0.0820. The number of nitrogens with one attached hydrogen (secondary N) is 1. The lowest BCUT2D eigenvalue weighted by atomic mass is 9.93. The molecule has 116 valence electrons. The van der Waals surface area contributed by atoms with Gasteiger partial charge in [-0.3, -0.25) is 9.78 Å². The first-order valence-electron chi connectivity index (χ1n) is 7.53. The van der Waals surface area contributed by atoms with E-state index in [4.69, 9.17) is 0 Å². The van der Waals surface area contributed by atoms with Gasteiger partial charge in [0, 0.05) is 24.9 Å². The van der Waals surface area contributed by atoms with Gasteiger partial charge in [-0.2, -0.15) is 0 Å². The van der Waals surface area contributed by atoms with Gasteiger partial charge in [0.05, 0.1) is 12.5 Å². The standard InChI is InChI=1S/C18H22N2O2/c1-14(21)10-17(16-7-3-2-4-8-16)13-20-18(22)11-15-6-5-9-19-12-15/h2-9,12,14,17,21H,10-11,13H2,1H3,(H,20,22)/t14-,17+/m1/s1. The summed E-state index contributed by atoms with van der Waals surface area (Å²) in [6, 6.07) is 13.7. The molecule has 1 aromatic heterocycles. The van der Waals surface area contributed by atoms with Crippen LogP contribution in [0.1, 0.15) is 30.4 Å². The number of carbonyl (C=O) groups excluding carboxylic acids is 1. The molecule has 2 aromatic rings. The number of carbonyl (C=O) groups is 1. The van der Waals surface area contributed by atoms with Crippen molar-refractivity contribution in [1.29, 1.82) is 0 Å². The monoisotopic (exact) mass is 298 g/mol. The maximum Gasteiger partial charge on any atom is 0.224 e. The summed E-state index contributed by atoms with van der Waals surface area (Å²) >= 11 is 0. The molecular weight excluding hydrogens is 276 g/mol. The van der Waals surface area contributed by atoms with E-state index in [-0.39, 0.29) is 11.8 Å². The zero-order valence-corrected chi connectivity index (χ0v) is 12.8. The summed E-state index contributed by atoms with van der Waals surface area (Å²) in [6.45, 7) is 2.29. The molecule has 4 nitrogen and oxygen atoms in total. The highest BCUT2D eigenvalue weighted by molar-refractivity contribution is 5.78. The summed E-state index contributed by atoms with van der Waals surface area (Å²) < 4.78 is 0. The van der Waals surface area contributed by atoms with E-state index in [1.807, 2.05) is 42.5 Å². The Balaban J connectivity index is 1.92. The maximum atomic E-state index is 12.0. The molecule has 22 heavy (non-hydrogen) atoms. The van der Waals surface area contributed by atoms with Gasteiger partial charge in [0.15, 0.2) is 0 Å². The number of nitrogens with zero attached hydrogens (tertiary/aromatic N) is 1. The van der Waals surface area contributed by atoms with Crippen molar-refractivity contribution >= 4 is 5.91 Å². The third-order valence-electron chi connectivity index (χ3n) is 3.53. The van der Waals surface area contributed by atoms with Crippen molar-refractivity contribution in [2.75, 3.05) is 6.54 Å². The van der Waals surface area contributed by atoms with Crippen LogP contribution in [0, 0.1) is 0 Å². The molecule has 1 heterocycles. The predicted molar refractivity (Wildman–Crippen MR) is 86.4 cm³/mol. The fraction of sp³-hybridized carbons (Fsp3) is 0.333. The number of amides is 1. The summed E-state index contributed by atoms with van der Waals surface area (Å²) in [7, 11) is 0. The van der Waals surface area contributed by atoms with Crippen molar-refractivity contribution in [1.82, 2.24) is 10.3 Å². The Kier molecular flexibility index (Phi) is 6.10. The molecule has 0 aliphatic rings. The lowest BCUT2D eigenvalue weighted by molar-refractivity contribution is -0.120. The van der Waals surface area contributed by atoms with Crippen LogP contribution in [0.4, 0.5) is 0 Å². The van der Waals surface area contributed by atoms with Crippen molar-refractivity contribution < 1.29 is 9.90 Å². The first-order chi connectivity index (χ1) is 10.6. The molecule has 2 N–H and O–H groups in total. The number of pyridine rings is 1. The van der Waals surface area contributed by atoms with Gasteiger partial charge in [-0.15, -0.1) is 0 Å². The number of hydrogen-bond acceptors (Lipinski definition) is 3. The Labute approximate surface area is 131 Å². The quantitative estimate of drug-likeness (QED) is 0.824. The number of aliphatic hydroxyl groups excluding tert-OH is 1. The maximum absolute atomic E-state index is 12.0. The van der Waals surface area contributed by atoms with Crippen LogP contribution in [0.15, 0.2) is 54.9 Å². The molecule has 0 radical (unpaired) electrons. The van der Waals surface area contributed by atoms with Crippen molar-refractivity contribution in [2.45, 2.75) is 31.8 Å².